The zero-order chi connectivity index (χ0) is 24.6. The summed E-state index contributed by atoms with van der Waals surface area (Å²) >= 11 is 0. The molecule has 3 aromatic rings. The lowest BCUT2D eigenvalue weighted by molar-refractivity contribution is -0.137. The Kier molecular flexibility index (Phi) is 6.22. The van der Waals surface area contributed by atoms with Gasteiger partial charge in [-0.3, -0.25) is 9.59 Å². The first-order chi connectivity index (χ1) is 16.2. The van der Waals surface area contributed by atoms with Gasteiger partial charge in [0.25, 0.3) is 5.91 Å². The molecule has 180 valence electrons. The quantitative estimate of drug-likeness (QED) is 0.574. The topological polar surface area (TPSA) is 81.0 Å². The Balaban J connectivity index is 1.95. The molecule has 0 radical (unpaired) electrons. The van der Waals surface area contributed by atoms with Crippen LogP contribution < -0.4 is 20.2 Å². The Bertz CT molecular complexity index is 1310. The molecule has 1 fully saturated rings. The molecule has 1 amide bonds. The summed E-state index contributed by atoms with van der Waals surface area (Å²) in [4.78, 5) is 27.5. The van der Waals surface area contributed by atoms with Crippen molar-refractivity contribution in [1.29, 1.82) is 0 Å². The second-order valence-corrected chi connectivity index (χ2v) is 7.56. The number of hydrogen-bond donors (Lipinski definition) is 1. The number of hydrogen-bond acceptors (Lipinski definition) is 6. The second kappa shape index (κ2) is 8.98. The highest BCUT2D eigenvalue weighted by molar-refractivity contribution is 6.01. The van der Waals surface area contributed by atoms with Gasteiger partial charge in [-0.15, -0.1) is 0 Å². The van der Waals surface area contributed by atoms with Gasteiger partial charge in [0.1, 0.15) is 22.7 Å². The van der Waals surface area contributed by atoms with Crippen molar-refractivity contribution < 1.29 is 36.2 Å². The lowest BCUT2D eigenvalue weighted by Crippen LogP contribution is -2.46. The molecule has 0 spiro atoms. The van der Waals surface area contributed by atoms with Gasteiger partial charge in [-0.05, 0) is 18.2 Å². The van der Waals surface area contributed by atoms with E-state index >= 15 is 0 Å². The van der Waals surface area contributed by atoms with Gasteiger partial charge in [-0.2, -0.15) is 13.2 Å². The SMILES string of the molecule is COc1cc2oc(-c3ccc(F)cc3C(=O)N3CCNCC3)cc(=O)c2c(C(F)(F)F)c1OC. The van der Waals surface area contributed by atoms with Crippen LogP contribution >= 0.6 is 0 Å². The van der Waals surface area contributed by atoms with E-state index in [4.69, 9.17) is 13.9 Å². The lowest BCUT2D eigenvalue weighted by Gasteiger charge is -2.28. The molecule has 1 saturated heterocycles. The molecule has 0 atom stereocenters. The third-order valence-electron chi connectivity index (χ3n) is 5.53. The number of rotatable bonds is 4. The van der Waals surface area contributed by atoms with Crippen LogP contribution in [0.5, 0.6) is 11.5 Å². The standard InChI is InChI=1S/C23H20F4N2O5/c1-32-18-11-17-19(20(21(18)33-2)23(25,26)27)15(30)10-16(34-17)13-4-3-12(24)9-14(13)22(31)29-7-5-28-6-8-29/h3-4,9-11,28H,5-8H2,1-2H3. The summed E-state index contributed by atoms with van der Waals surface area (Å²) in [5.74, 6) is -2.30. The number of nitrogens with zero attached hydrogens (tertiary/aromatic N) is 1. The molecular formula is C23H20F4N2O5. The van der Waals surface area contributed by atoms with E-state index in [0.717, 1.165) is 38.5 Å². The molecule has 0 unspecified atom stereocenters. The van der Waals surface area contributed by atoms with Crippen molar-refractivity contribution in [2.24, 2.45) is 0 Å². The van der Waals surface area contributed by atoms with Crippen molar-refractivity contribution in [3.05, 3.63) is 57.5 Å². The van der Waals surface area contributed by atoms with Crippen molar-refractivity contribution in [2.75, 3.05) is 40.4 Å². The van der Waals surface area contributed by atoms with E-state index in [2.05, 4.69) is 5.32 Å². The van der Waals surface area contributed by atoms with Crippen molar-refractivity contribution in [1.82, 2.24) is 10.2 Å². The minimum Gasteiger partial charge on any atom is -0.493 e. The minimum absolute atomic E-state index is 0.0686. The molecule has 7 nitrogen and oxygen atoms in total. The van der Waals surface area contributed by atoms with E-state index in [1.54, 1.807) is 0 Å². The number of carbonyl (C=O) groups is 1. The number of nitrogens with one attached hydrogen (secondary N) is 1. The van der Waals surface area contributed by atoms with Crippen LogP contribution in [0.1, 0.15) is 15.9 Å². The zero-order valence-corrected chi connectivity index (χ0v) is 18.2. The first-order valence-electron chi connectivity index (χ1n) is 10.3. The molecule has 0 bridgehead atoms. The number of alkyl halides is 3. The second-order valence-electron chi connectivity index (χ2n) is 7.56. The summed E-state index contributed by atoms with van der Waals surface area (Å²) in [5.41, 5.74) is -2.75. The van der Waals surface area contributed by atoms with Gasteiger partial charge in [0, 0.05) is 43.9 Å². The average molecular weight is 480 g/mol. The van der Waals surface area contributed by atoms with Crippen molar-refractivity contribution in [3.63, 3.8) is 0 Å². The van der Waals surface area contributed by atoms with Gasteiger partial charge in [-0.25, -0.2) is 4.39 Å². The number of carbonyl (C=O) groups excluding carboxylic acids is 1. The van der Waals surface area contributed by atoms with Crippen LogP contribution in [0, 0.1) is 5.82 Å². The highest BCUT2D eigenvalue weighted by Crippen LogP contribution is 2.46. The maximum Gasteiger partial charge on any atom is 0.420 e. The summed E-state index contributed by atoms with van der Waals surface area (Å²) in [6, 6.07) is 5.30. The Morgan fingerprint density at radius 1 is 1.09 bits per heavy atom. The van der Waals surface area contributed by atoms with Gasteiger partial charge in [0.2, 0.25) is 0 Å². The Morgan fingerprint density at radius 3 is 2.41 bits per heavy atom. The van der Waals surface area contributed by atoms with E-state index in [-0.39, 0.29) is 22.6 Å². The van der Waals surface area contributed by atoms with Crippen LogP contribution in [-0.4, -0.2) is 51.2 Å². The van der Waals surface area contributed by atoms with Gasteiger partial charge < -0.3 is 24.1 Å². The molecule has 2 aromatic carbocycles. The number of amides is 1. The third-order valence-corrected chi connectivity index (χ3v) is 5.53. The molecule has 0 saturated carbocycles. The predicted molar refractivity (Wildman–Crippen MR) is 115 cm³/mol. The van der Waals surface area contributed by atoms with Crippen LogP contribution in [-0.2, 0) is 6.18 Å². The fourth-order valence-corrected chi connectivity index (χ4v) is 3.99. The highest BCUT2D eigenvalue weighted by Gasteiger charge is 2.40. The van der Waals surface area contributed by atoms with Gasteiger partial charge >= 0.3 is 6.18 Å². The number of piperazine rings is 1. The van der Waals surface area contributed by atoms with Crippen molar-refractivity contribution >= 4 is 16.9 Å². The minimum atomic E-state index is -4.95. The van der Waals surface area contributed by atoms with Gasteiger partial charge in [0.05, 0.1) is 25.2 Å². The molecule has 2 heterocycles. The molecule has 0 aliphatic carbocycles. The number of halogens is 4. The van der Waals surface area contributed by atoms with Crippen LogP contribution in [0.15, 0.2) is 39.5 Å². The molecule has 1 N–H and O–H groups in total. The average Bonchev–Trinajstić information content (AvgIpc) is 2.82. The monoisotopic (exact) mass is 480 g/mol. The number of methoxy groups -OCH3 is 2. The Hall–Kier alpha value is -3.60. The fraction of sp³-hybridized carbons (Fsp3) is 0.304. The van der Waals surface area contributed by atoms with E-state index in [1.807, 2.05) is 0 Å². The number of benzene rings is 2. The summed E-state index contributed by atoms with van der Waals surface area (Å²) in [5, 5.41) is 2.36. The smallest absolute Gasteiger partial charge is 0.420 e. The van der Waals surface area contributed by atoms with Crippen LogP contribution in [0.25, 0.3) is 22.3 Å². The normalized spacial score (nSPS) is 14.4. The number of ether oxygens (including phenoxy) is 2. The van der Waals surface area contributed by atoms with Crippen LogP contribution in [0.2, 0.25) is 0 Å². The van der Waals surface area contributed by atoms with E-state index in [0.29, 0.717) is 26.2 Å². The molecule has 34 heavy (non-hydrogen) atoms. The van der Waals surface area contributed by atoms with Crippen molar-refractivity contribution in [2.45, 2.75) is 6.18 Å². The lowest BCUT2D eigenvalue weighted by atomic mass is 10.0. The Morgan fingerprint density at radius 2 is 1.79 bits per heavy atom. The van der Waals surface area contributed by atoms with E-state index in [1.165, 1.54) is 11.0 Å². The van der Waals surface area contributed by atoms with E-state index < -0.39 is 45.6 Å². The Labute approximate surface area is 190 Å². The van der Waals surface area contributed by atoms with Gasteiger partial charge in [0.15, 0.2) is 16.9 Å². The highest BCUT2D eigenvalue weighted by atomic mass is 19.4. The maximum atomic E-state index is 14.1. The van der Waals surface area contributed by atoms with Crippen molar-refractivity contribution in [3.8, 4) is 22.8 Å². The largest absolute Gasteiger partial charge is 0.493 e. The molecule has 1 aliphatic rings. The van der Waals surface area contributed by atoms with E-state index in [9.17, 15) is 27.2 Å². The molecular weight excluding hydrogens is 460 g/mol. The number of fused-ring (bicyclic) bond motifs is 1. The summed E-state index contributed by atoms with van der Waals surface area (Å²) < 4.78 is 71.3. The van der Waals surface area contributed by atoms with Crippen LogP contribution in [0.4, 0.5) is 17.6 Å². The summed E-state index contributed by atoms with van der Waals surface area (Å²) in [7, 11) is 2.18. The molecule has 1 aromatic heterocycles. The molecule has 1 aliphatic heterocycles. The van der Waals surface area contributed by atoms with Gasteiger partial charge in [-0.1, -0.05) is 0 Å². The first kappa shape index (κ1) is 23.6. The fourth-order valence-electron chi connectivity index (χ4n) is 3.99. The summed E-state index contributed by atoms with van der Waals surface area (Å²) in [6.45, 7) is 1.90. The first-order valence-corrected chi connectivity index (χ1v) is 10.3. The molecule has 11 heteroatoms. The third kappa shape index (κ3) is 4.18. The predicted octanol–water partition coefficient (Wildman–Crippen LogP) is 3.68. The summed E-state index contributed by atoms with van der Waals surface area (Å²) in [6.07, 6.45) is -4.95. The zero-order valence-electron chi connectivity index (χ0n) is 18.2. The maximum absolute atomic E-state index is 14.1. The van der Waals surface area contributed by atoms with Crippen LogP contribution in [0.3, 0.4) is 0 Å². The molecule has 4 rings (SSSR count).